The molecule has 26 heavy (non-hydrogen) atoms. The molecule has 0 radical (unpaired) electrons. The minimum Gasteiger partial charge on any atom is -0.487 e. The minimum atomic E-state index is -3.60. The van der Waals surface area contributed by atoms with Crippen LogP contribution in [0, 0.1) is 0 Å². The van der Waals surface area contributed by atoms with Gasteiger partial charge in [-0.15, -0.1) is 0 Å². The SMILES string of the molecule is CNS(=O)(=O)c1cccc(C(=O)N[C@@H]2CC(C)(C)Oc3ccccc32)c1. The molecule has 6 nitrogen and oxygen atoms in total. The second kappa shape index (κ2) is 6.74. The van der Waals surface area contributed by atoms with Crippen molar-refractivity contribution in [2.45, 2.75) is 36.8 Å². The van der Waals surface area contributed by atoms with Gasteiger partial charge in [-0.05, 0) is 45.2 Å². The number of hydrogen-bond acceptors (Lipinski definition) is 4. The van der Waals surface area contributed by atoms with Crippen LogP contribution in [-0.4, -0.2) is 27.0 Å². The van der Waals surface area contributed by atoms with Gasteiger partial charge in [0.2, 0.25) is 10.0 Å². The summed E-state index contributed by atoms with van der Waals surface area (Å²) in [5.74, 6) is 0.427. The number of fused-ring (bicyclic) bond motifs is 1. The first-order valence-corrected chi connectivity index (χ1v) is 9.82. The van der Waals surface area contributed by atoms with Crippen LogP contribution in [0.25, 0.3) is 0 Å². The quantitative estimate of drug-likeness (QED) is 0.862. The Hall–Kier alpha value is -2.38. The van der Waals surface area contributed by atoms with Crippen LogP contribution in [0.15, 0.2) is 53.4 Å². The molecule has 1 amide bonds. The summed E-state index contributed by atoms with van der Waals surface area (Å²) in [5.41, 5.74) is 0.797. The number of benzene rings is 2. The summed E-state index contributed by atoms with van der Waals surface area (Å²) >= 11 is 0. The molecule has 0 saturated carbocycles. The Labute approximate surface area is 153 Å². The molecular formula is C19H22N2O4S. The standard InChI is InChI=1S/C19H22N2O4S/c1-19(2)12-16(15-9-4-5-10-17(15)25-19)21-18(22)13-7-6-8-14(11-13)26(23,24)20-3/h4-11,16,20H,12H2,1-3H3,(H,21,22)/t16-/m1/s1. The molecule has 1 atom stereocenters. The Morgan fingerprint density at radius 1 is 1.15 bits per heavy atom. The fourth-order valence-corrected chi connectivity index (χ4v) is 3.87. The van der Waals surface area contributed by atoms with Crippen LogP contribution in [0.2, 0.25) is 0 Å². The van der Waals surface area contributed by atoms with E-state index in [1.54, 1.807) is 12.1 Å². The highest BCUT2D eigenvalue weighted by Gasteiger charge is 2.34. The first-order valence-electron chi connectivity index (χ1n) is 8.34. The highest BCUT2D eigenvalue weighted by Crippen LogP contribution is 2.39. The van der Waals surface area contributed by atoms with Gasteiger partial charge in [-0.25, -0.2) is 13.1 Å². The molecular weight excluding hydrogens is 352 g/mol. The molecule has 1 aliphatic rings. The third-order valence-corrected chi connectivity index (χ3v) is 5.77. The van der Waals surface area contributed by atoms with Crippen molar-refractivity contribution >= 4 is 15.9 Å². The predicted octanol–water partition coefficient (Wildman–Crippen LogP) is 2.63. The second-order valence-corrected chi connectivity index (χ2v) is 8.75. The number of nitrogens with one attached hydrogen (secondary N) is 2. The molecule has 1 heterocycles. The summed E-state index contributed by atoms with van der Waals surface area (Å²) in [6, 6.07) is 13.4. The molecule has 7 heteroatoms. The average Bonchev–Trinajstić information content (AvgIpc) is 2.61. The molecule has 0 aromatic heterocycles. The number of sulfonamides is 1. The molecule has 0 bridgehead atoms. The van der Waals surface area contributed by atoms with Gasteiger partial charge >= 0.3 is 0 Å². The number of hydrogen-bond donors (Lipinski definition) is 2. The molecule has 3 rings (SSSR count). The lowest BCUT2D eigenvalue weighted by molar-refractivity contribution is 0.0619. The first-order chi connectivity index (χ1) is 12.2. The lowest BCUT2D eigenvalue weighted by atomic mass is 9.89. The van der Waals surface area contributed by atoms with Gasteiger partial charge in [0.1, 0.15) is 11.4 Å². The molecule has 0 saturated heterocycles. The second-order valence-electron chi connectivity index (χ2n) is 6.87. The molecule has 2 aromatic carbocycles. The van der Waals surface area contributed by atoms with Gasteiger partial charge in [0.25, 0.3) is 5.91 Å². The molecule has 2 N–H and O–H groups in total. The molecule has 0 fully saturated rings. The zero-order chi connectivity index (χ0) is 18.9. The Morgan fingerprint density at radius 3 is 2.62 bits per heavy atom. The van der Waals surface area contributed by atoms with Crippen molar-refractivity contribution in [1.82, 2.24) is 10.0 Å². The molecule has 2 aromatic rings. The maximum Gasteiger partial charge on any atom is 0.251 e. The number of rotatable bonds is 4. The zero-order valence-electron chi connectivity index (χ0n) is 14.9. The summed E-state index contributed by atoms with van der Waals surface area (Å²) in [4.78, 5) is 12.8. The smallest absolute Gasteiger partial charge is 0.251 e. The zero-order valence-corrected chi connectivity index (χ0v) is 15.8. The molecule has 0 aliphatic carbocycles. The Kier molecular flexibility index (Phi) is 4.77. The van der Waals surface area contributed by atoms with Crippen molar-refractivity contribution in [3.8, 4) is 5.75 Å². The molecule has 0 spiro atoms. The monoisotopic (exact) mass is 374 g/mol. The van der Waals surface area contributed by atoms with E-state index in [0.29, 0.717) is 12.0 Å². The Morgan fingerprint density at radius 2 is 1.88 bits per heavy atom. The fourth-order valence-electron chi connectivity index (χ4n) is 3.09. The Balaban J connectivity index is 1.88. The fraction of sp³-hybridized carbons (Fsp3) is 0.316. The van der Waals surface area contributed by atoms with Crippen molar-refractivity contribution in [3.63, 3.8) is 0 Å². The van der Waals surface area contributed by atoms with Crippen LogP contribution in [0.1, 0.15) is 42.2 Å². The van der Waals surface area contributed by atoms with Crippen LogP contribution in [0.5, 0.6) is 5.75 Å². The van der Waals surface area contributed by atoms with Crippen molar-refractivity contribution in [1.29, 1.82) is 0 Å². The lowest BCUT2D eigenvalue weighted by Crippen LogP contribution is -2.41. The van der Waals surface area contributed by atoms with E-state index in [-0.39, 0.29) is 16.8 Å². The highest BCUT2D eigenvalue weighted by molar-refractivity contribution is 7.89. The van der Waals surface area contributed by atoms with Gasteiger partial charge in [-0.3, -0.25) is 4.79 Å². The van der Waals surface area contributed by atoms with Crippen LogP contribution in [0.3, 0.4) is 0 Å². The molecule has 1 aliphatic heterocycles. The summed E-state index contributed by atoms with van der Waals surface area (Å²) in [7, 11) is -2.27. The van der Waals surface area contributed by atoms with Crippen LogP contribution in [0.4, 0.5) is 0 Å². The van der Waals surface area contributed by atoms with E-state index in [1.807, 2.05) is 38.1 Å². The van der Waals surface area contributed by atoms with E-state index in [4.69, 9.17) is 4.74 Å². The average molecular weight is 374 g/mol. The number of para-hydroxylation sites is 1. The van der Waals surface area contributed by atoms with Crippen molar-refractivity contribution in [2.75, 3.05) is 7.05 Å². The van der Waals surface area contributed by atoms with Gasteiger partial charge in [0.05, 0.1) is 10.9 Å². The molecule has 0 unspecified atom stereocenters. The summed E-state index contributed by atoms with van der Waals surface area (Å²) in [5, 5.41) is 3.01. The van der Waals surface area contributed by atoms with Crippen LogP contribution in [-0.2, 0) is 10.0 Å². The first kappa shape index (κ1) is 18.4. The van der Waals surface area contributed by atoms with E-state index in [1.165, 1.54) is 19.2 Å². The lowest BCUT2D eigenvalue weighted by Gasteiger charge is -2.37. The predicted molar refractivity (Wildman–Crippen MR) is 98.7 cm³/mol. The molecule has 138 valence electrons. The Bertz CT molecular complexity index is 938. The third-order valence-electron chi connectivity index (χ3n) is 4.36. The van der Waals surface area contributed by atoms with Crippen LogP contribution >= 0.6 is 0 Å². The van der Waals surface area contributed by atoms with E-state index >= 15 is 0 Å². The van der Waals surface area contributed by atoms with Crippen molar-refractivity contribution in [2.24, 2.45) is 0 Å². The number of carbonyl (C=O) groups excluding carboxylic acids is 1. The van der Waals surface area contributed by atoms with Crippen LogP contribution < -0.4 is 14.8 Å². The minimum absolute atomic E-state index is 0.0559. The number of ether oxygens (including phenoxy) is 1. The summed E-state index contributed by atoms with van der Waals surface area (Å²) in [6.07, 6.45) is 0.615. The van der Waals surface area contributed by atoms with Crippen molar-refractivity contribution < 1.29 is 17.9 Å². The maximum absolute atomic E-state index is 12.7. The van der Waals surface area contributed by atoms with Gasteiger partial charge in [-0.1, -0.05) is 24.3 Å². The van der Waals surface area contributed by atoms with E-state index < -0.39 is 15.6 Å². The summed E-state index contributed by atoms with van der Waals surface area (Å²) in [6.45, 7) is 3.95. The maximum atomic E-state index is 12.7. The van der Waals surface area contributed by atoms with Gasteiger partial charge < -0.3 is 10.1 Å². The normalized spacial score (nSPS) is 18.5. The number of amides is 1. The number of carbonyl (C=O) groups is 1. The van der Waals surface area contributed by atoms with E-state index in [9.17, 15) is 13.2 Å². The largest absolute Gasteiger partial charge is 0.487 e. The van der Waals surface area contributed by atoms with Crippen molar-refractivity contribution in [3.05, 3.63) is 59.7 Å². The third kappa shape index (κ3) is 3.73. The van der Waals surface area contributed by atoms with E-state index in [2.05, 4.69) is 10.0 Å². The van der Waals surface area contributed by atoms with Gasteiger partial charge in [0.15, 0.2) is 0 Å². The van der Waals surface area contributed by atoms with Gasteiger partial charge in [-0.2, -0.15) is 0 Å². The highest BCUT2D eigenvalue weighted by atomic mass is 32.2. The van der Waals surface area contributed by atoms with Gasteiger partial charge in [0, 0.05) is 17.5 Å². The van der Waals surface area contributed by atoms with E-state index in [0.717, 1.165) is 11.3 Å². The summed E-state index contributed by atoms with van der Waals surface area (Å²) < 4.78 is 32.1. The topological polar surface area (TPSA) is 84.5 Å².